The standard InChI is InChI=1S/C27H34N4O4/c1-6-34-24(32)27(29-25(33)35-26(3,4)5,18-17-20-13-9-7-10-14-20)22-19(2)30-31(23(22)28)21-15-11-8-12-16-21/h8,11-13,15-16H,6-7,9-10,14,28H2,1-5H3,(H,29,33)/t27-/m0/s1. The van der Waals surface area contributed by atoms with Gasteiger partial charge in [0.2, 0.25) is 5.54 Å². The lowest BCUT2D eigenvalue weighted by atomic mass is 9.88. The maximum absolute atomic E-state index is 13.6. The molecule has 1 aromatic carbocycles. The molecule has 1 aliphatic rings. The van der Waals surface area contributed by atoms with Crippen LogP contribution in [0.4, 0.5) is 10.6 Å². The van der Waals surface area contributed by atoms with Gasteiger partial charge in [-0.1, -0.05) is 36.1 Å². The number of nitrogens with zero attached hydrogens (tertiary/aromatic N) is 2. The van der Waals surface area contributed by atoms with Crippen LogP contribution in [-0.4, -0.2) is 34.1 Å². The zero-order chi connectivity index (χ0) is 25.6. The number of carbonyl (C=O) groups is 2. The molecule has 0 aliphatic heterocycles. The molecule has 186 valence electrons. The van der Waals surface area contributed by atoms with Gasteiger partial charge < -0.3 is 15.2 Å². The van der Waals surface area contributed by atoms with Crippen LogP contribution in [-0.2, 0) is 19.8 Å². The topological polar surface area (TPSA) is 108 Å². The molecule has 0 saturated heterocycles. The molecule has 1 atom stereocenters. The molecule has 3 N–H and O–H groups in total. The summed E-state index contributed by atoms with van der Waals surface area (Å²) in [5.74, 6) is 5.57. The summed E-state index contributed by atoms with van der Waals surface area (Å²) in [6.45, 7) is 8.72. The van der Waals surface area contributed by atoms with E-state index in [1.54, 1.807) is 34.6 Å². The Morgan fingerprint density at radius 2 is 1.91 bits per heavy atom. The van der Waals surface area contributed by atoms with Crippen molar-refractivity contribution in [3.63, 3.8) is 0 Å². The van der Waals surface area contributed by atoms with Crippen molar-refractivity contribution >= 4 is 17.9 Å². The Kier molecular flexibility index (Phi) is 7.90. The summed E-state index contributed by atoms with van der Waals surface area (Å²) in [7, 11) is 0. The SMILES string of the molecule is CCOC(=O)[C@@](C#CC1=CCCCC1)(NC(=O)OC(C)(C)C)c1c(C)nn(-c2ccccc2)c1N. The zero-order valence-corrected chi connectivity index (χ0v) is 21.1. The highest BCUT2D eigenvalue weighted by molar-refractivity contribution is 5.93. The number of ether oxygens (including phenoxy) is 2. The molecular formula is C27H34N4O4. The Labute approximate surface area is 206 Å². The van der Waals surface area contributed by atoms with Crippen molar-refractivity contribution in [2.45, 2.75) is 71.4 Å². The van der Waals surface area contributed by atoms with Crippen LogP contribution < -0.4 is 11.1 Å². The van der Waals surface area contributed by atoms with Crippen molar-refractivity contribution in [1.82, 2.24) is 15.1 Å². The average Bonchev–Trinajstić information content (AvgIpc) is 3.11. The van der Waals surface area contributed by atoms with Gasteiger partial charge in [-0.25, -0.2) is 14.3 Å². The van der Waals surface area contributed by atoms with Gasteiger partial charge in [0, 0.05) is 0 Å². The highest BCUT2D eigenvalue weighted by atomic mass is 16.6. The lowest BCUT2D eigenvalue weighted by molar-refractivity contribution is -0.149. The van der Waals surface area contributed by atoms with Crippen molar-refractivity contribution in [2.24, 2.45) is 0 Å². The van der Waals surface area contributed by atoms with Crippen molar-refractivity contribution in [3.8, 4) is 17.5 Å². The van der Waals surface area contributed by atoms with Crippen molar-refractivity contribution in [2.75, 3.05) is 12.3 Å². The highest BCUT2D eigenvalue weighted by Crippen LogP contribution is 2.33. The molecule has 8 nitrogen and oxygen atoms in total. The van der Waals surface area contributed by atoms with Crippen LogP contribution in [0.5, 0.6) is 0 Å². The second-order valence-electron chi connectivity index (χ2n) is 9.42. The molecular weight excluding hydrogens is 444 g/mol. The Balaban J connectivity index is 2.24. The number of benzene rings is 1. The fourth-order valence-corrected chi connectivity index (χ4v) is 3.96. The van der Waals surface area contributed by atoms with Crippen LogP contribution in [0.1, 0.15) is 64.6 Å². The van der Waals surface area contributed by atoms with Gasteiger partial charge in [-0.3, -0.25) is 5.32 Å². The maximum atomic E-state index is 13.6. The molecule has 0 saturated carbocycles. The summed E-state index contributed by atoms with van der Waals surface area (Å²) in [5.41, 5.74) is 6.18. The minimum atomic E-state index is -1.92. The second kappa shape index (κ2) is 10.7. The van der Waals surface area contributed by atoms with E-state index in [0.717, 1.165) is 31.3 Å². The molecule has 1 heterocycles. The zero-order valence-electron chi connectivity index (χ0n) is 21.1. The van der Waals surface area contributed by atoms with E-state index in [1.165, 1.54) is 4.68 Å². The third-order valence-electron chi connectivity index (χ3n) is 5.44. The van der Waals surface area contributed by atoms with E-state index in [4.69, 9.17) is 15.2 Å². The van der Waals surface area contributed by atoms with E-state index >= 15 is 0 Å². The number of anilines is 1. The molecule has 3 rings (SSSR count). The lowest BCUT2D eigenvalue weighted by Gasteiger charge is -2.29. The molecule has 2 aromatic rings. The Morgan fingerprint density at radius 1 is 1.20 bits per heavy atom. The van der Waals surface area contributed by atoms with Crippen LogP contribution in [0, 0.1) is 18.8 Å². The minimum absolute atomic E-state index is 0.0900. The number of aryl methyl sites for hydroxylation is 1. The number of esters is 1. The molecule has 35 heavy (non-hydrogen) atoms. The molecule has 0 spiro atoms. The van der Waals surface area contributed by atoms with E-state index in [-0.39, 0.29) is 18.0 Å². The van der Waals surface area contributed by atoms with Gasteiger partial charge in [-0.05, 0) is 78.0 Å². The third kappa shape index (κ3) is 6.04. The number of aromatic nitrogens is 2. The summed E-state index contributed by atoms with van der Waals surface area (Å²) in [5, 5.41) is 7.28. The number of allylic oxidation sites excluding steroid dienone is 2. The number of nitrogens with two attached hydrogens (primary N) is 1. The van der Waals surface area contributed by atoms with Gasteiger partial charge in [-0.2, -0.15) is 5.10 Å². The summed E-state index contributed by atoms with van der Waals surface area (Å²) < 4.78 is 12.5. The number of alkyl carbamates (subject to hydrolysis) is 1. The fraction of sp³-hybridized carbons (Fsp3) is 0.444. The first-order chi connectivity index (χ1) is 16.6. The average molecular weight is 479 g/mol. The molecule has 1 amide bonds. The van der Waals surface area contributed by atoms with Gasteiger partial charge in [0.1, 0.15) is 11.4 Å². The lowest BCUT2D eigenvalue weighted by Crippen LogP contribution is -2.53. The normalized spacial score (nSPS) is 15.2. The van der Waals surface area contributed by atoms with Crippen LogP contribution in [0.3, 0.4) is 0 Å². The van der Waals surface area contributed by atoms with Crippen LogP contribution >= 0.6 is 0 Å². The number of amides is 1. The molecule has 1 aliphatic carbocycles. The number of carbonyl (C=O) groups excluding carboxylic acids is 2. The predicted molar refractivity (Wildman–Crippen MR) is 135 cm³/mol. The molecule has 0 fully saturated rings. The Morgan fingerprint density at radius 3 is 2.51 bits per heavy atom. The largest absolute Gasteiger partial charge is 0.463 e. The van der Waals surface area contributed by atoms with E-state index in [9.17, 15) is 9.59 Å². The molecule has 8 heteroatoms. The van der Waals surface area contributed by atoms with E-state index in [1.807, 2.05) is 30.3 Å². The summed E-state index contributed by atoms with van der Waals surface area (Å²) >= 11 is 0. The Bertz CT molecular complexity index is 1170. The van der Waals surface area contributed by atoms with E-state index < -0.39 is 23.2 Å². The number of nitrogens with one attached hydrogen (secondary N) is 1. The van der Waals surface area contributed by atoms with Crippen molar-refractivity contribution in [1.29, 1.82) is 0 Å². The predicted octanol–water partition coefficient (Wildman–Crippen LogP) is 4.55. The van der Waals surface area contributed by atoms with Gasteiger partial charge in [-0.15, -0.1) is 0 Å². The van der Waals surface area contributed by atoms with Gasteiger partial charge in [0.05, 0.1) is 23.6 Å². The Hall–Kier alpha value is -3.73. The highest BCUT2D eigenvalue weighted by Gasteiger charge is 2.48. The van der Waals surface area contributed by atoms with Gasteiger partial charge in [0.25, 0.3) is 0 Å². The summed E-state index contributed by atoms with van der Waals surface area (Å²) in [4.78, 5) is 26.6. The first kappa shape index (κ1) is 25.9. The van der Waals surface area contributed by atoms with Crippen molar-refractivity contribution < 1.29 is 19.1 Å². The van der Waals surface area contributed by atoms with Gasteiger partial charge >= 0.3 is 12.1 Å². The first-order valence-electron chi connectivity index (χ1n) is 11.9. The van der Waals surface area contributed by atoms with Gasteiger partial charge in [0.15, 0.2) is 0 Å². The summed E-state index contributed by atoms with van der Waals surface area (Å²) in [6.07, 6.45) is 5.08. The summed E-state index contributed by atoms with van der Waals surface area (Å²) in [6, 6.07) is 9.29. The van der Waals surface area contributed by atoms with Crippen LogP contribution in [0.15, 0.2) is 42.0 Å². The molecule has 0 unspecified atom stereocenters. The minimum Gasteiger partial charge on any atom is -0.463 e. The van der Waals surface area contributed by atoms with Crippen LogP contribution in [0.25, 0.3) is 5.69 Å². The van der Waals surface area contributed by atoms with E-state index in [2.05, 4.69) is 28.3 Å². The number of rotatable bonds is 5. The quantitative estimate of drug-likeness (QED) is 0.482. The van der Waals surface area contributed by atoms with Crippen molar-refractivity contribution in [3.05, 3.63) is 53.2 Å². The van der Waals surface area contributed by atoms with E-state index in [0.29, 0.717) is 11.4 Å². The first-order valence-corrected chi connectivity index (χ1v) is 11.9. The molecule has 0 bridgehead atoms. The number of para-hydroxylation sites is 1. The maximum Gasteiger partial charge on any atom is 0.409 e. The second-order valence-corrected chi connectivity index (χ2v) is 9.42. The molecule has 1 aromatic heterocycles. The monoisotopic (exact) mass is 478 g/mol. The molecule has 0 radical (unpaired) electrons. The fourth-order valence-electron chi connectivity index (χ4n) is 3.96. The smallest absolute Gasteiger partial charge is 0.409 e. The third-order valence-corrected chi connectivity index (χ3v) is 5.44. The number of nitrogen functional groups attached to an aromatic ring is 1. The number of hydrogen-bond acceptors (Lipinski definition) is 6. The van der Waals surface area contributed by atoms with Crippen LogP contribution in [0.2, 0.25) is 0 Å². The number of hydrogen-bond donors (Lipinski definition) is 2.